The molecular weight excluding hydrogens is 443 g/mol. The summed E-state index contributed by atoms with van der Waals surface area (Å²) in [7, 11) is 0. The van der Waals surface area contributed by atoms with Crippen LogP contribution in [0.1, 0.15) is 31.4 Å². The van der Waals surface area contributed by atoms with E-state index in [0.29, 0.717) is 0 Å². The van der Waals surface area contributed by atoms with Crippen LogP contribution in [0.2, 0.25) is 0 Å². The summed E-state index contributed by atoms with van der Waals surface area (Å²) in [4.78, 5) is 28.1. The number of hydrogen-bond acceptors (Lipinski definition) is 3. The largest absolute Gasteiger partial charge is 0.350 e. The standard InChI is InChI=1S/C28H25FN4O2/c1-17-25(31-27(34)19-7-8-19)26(18-5-3-2-4-6-18)32(28(17)35)23-13-14-24-20(15-23)16-30-33(24)22-11-9-21(29)10-12-22/h2-6,9-17,19,25-26H,7-8H2,1H3,(H,31,34)/t17?,25-,26+/m0/s1. The molecule has 1 N–H and O–H groups in total. The van der Waals surface area contributed by atoms with Crippen LogP contribution < -0.4 is 10.2 Å². The van der Waals surface area contributed by atoms with Crippen molar-refractivity contribution in [2.75, 3.05) is 4.90 Å². The van der Waals surface area contributed by atoms with Crippen molar-refractivity contribution in [3.63, 3.8) is 0 Å². The van der Waals surface area contributed by atoms with Crippen LogP contribution in [-0.2, 0) is 9.59 Å². The number of aromatic nitrogens is 2. The van der Waals surface area contributed by atoms with Gasteiger partial charge in [-0.25, -0.2) is 9.07 Å². The minimum Gasteiger partial charge on any atom is -0.350 e. The third kappa shape index (κ3) is 3.77. The lowest BCUT2D eigenvalue weighted by molar-refractivity contribution is -0.123. The predicted octanol–water partition coefficient (Wildman–Crippen LogP) is 4.78. The lowest BCUT2D eigenvalue weighted by atomic mass is 9.94. The summed E-state index contributed by atoms with van der Waals surface area (Å²) in [5.41, 5.74) is 3.35. The molecule has 6 nitrogen and oxygen atoms in total. The number of anilines is 1. The Hall–Kier alpha value is -4.00. The van der Waals surface area contributed by atoms with Gasteiger partial charge in [-0.1, -0.05) is 37.3 Å². The minimum absolute atomic E-state index is 0.0229. The van der Waals surface area contributed by atoms with Gasteiger partial charge in [-0.05, 0) is 60.9 Å². The van der Waals surface area contributed by atoms with E-state index < -0.39 is 0 Å². The molecule has 3 aromatic carbocycles. The zero-order valence-corrected chi connectivity index (χ0v) is 19.3. The zero-order valence-electron chi connectivity index (χ0n) is 19.3. The van der Waals surface area contributed by atoms with E-state index in [0.717, 1.165) is 40.7 Å². The van der Waals surface area contributed by atoms with Crippen LogP contribution in [0, 0.1) is 17.7 Å². The molecule has 0 radical (unpaired) electrons. The van der Waals surface area contributed by atoms with Gasteiger partial charge in [0.05, 0.1) is 35.4 Å². The lowest BCUT2D eigenvalue weighted by Gasteiger charge is -2.29. The molecule has 1 unspecified atom stereocenters. The summed E-state index contributed by atoms with van der Waals surface area (Å²) < 4.78 is 15.1. The highest BCUT2D eigenvalue weighted by atomic mass is 19.1. The number of fused-ring (bicyclic) bond motifs is 1. The maximum atomic E-state index is 13.6. The molecule has 2 amide bonds. The summed E-state index contributed by atoms with van der Waals surface area (Å²) in [6, 6.07) is 21.2. The molecule has 35 heavy (non-hydrogen) atoms. The summed E-state index contributed by atoms with van der Waals surface area (Å²) in [5.74, 6) is -0.583. The van der Waals surface area contributed by atoms with Gasteiger partial charge >= 0.3 is 0 Å². The van der Waals surface area contributed by atoms with Gasteiger partial charge in [-0.2, -0.15) is 5.10 Å². The van der Waals surface area contributed by atoms with Crippen LogP contribution >= 0.6 is 0 Å². The van der Waals surface area contributed by atoms with Crippen molar-refractivity contribution in [3.8, 4) is 5.69 Å². The van der Waals surface area contributed by atoms with E-state index >= 15 is 0 Å². The van der Waals surface area contributed by atoms with Crippen LogP contribution in [-0.4, -0.2) is 27.6 Å². The van der Waals surface area contributed by atoms with Crippen LogP contribution in [0.25, 0.3) is 16.6 Å². The van der Waals surface area contributed by atoms with Crippen LogP contribution in [0.4, 0.5) is 10.1 Å². The molecule has 176 valence electrons. The van der Waals surface area contributed by atoms with Crippen LogP contribution in [0.3, 0.4) is 0 Å². The Morgan fingerprint density at radius 2 is 1.71 bits per heavy atom. The van der Waals surface area contributed by atoms with Crippen molar-refractivity contribution < 1.29 is 14.0 Å². The summed E-state index contributed by atoms with van der Waals surface area (Å²) in [5, 5.41) is 8.54. The average Bonchev–Trinajstić information content (AvgIpc) is 3.61. The van der Waals surface area contributed by atoms with Crippen molar-refractivity contribution in [2.45, 2.75) is 31.8 Å². The number of rotatable bonds is 5. The van der Waals surface area contributed by atoms with Gasteiger partial charge in [-0.15, -0.1) is 0 Å². The summed E-state index contributed by atoms with van der Waals surface area (Å²) in [6.45, 7) is 1.89. The third-order valence-electron chi connectivity index (χ3n) is 7.08. The Balaban J connectivity index is 1.40. The Bertz CT molecular complexity index is 1410. The topological polar surface area (TPSA) is 67.2 Å². The van der Waals surface area contributed by atoms with Gasteiger partial charge in [0, 0.05) is 17.0 Å². The van der Waals surface area contributed by atoms with Crippen molar-refractivity contribution in [1.82, 2.24) is 15.1 Å². The molecule has 1 aliphatic heterocycles. The second-order valence-electron chi connectivity index (χ2n) is 9.44. The fourth-order valence-corrected chi connectivity index (χ4v) is 5.03. The Kier molecular flexibility index (Phi) is 5.13. The maximum absolute atomic E-state index is 13.6. The van der Waals surface area contributed by atoms with E-state index in [4.69, 9.17) is 0 Å². The number of halogens is 1. The summed E-state index contributed by atoms with van der Waals surface area (Å²) in [6.07, 6.45) is 3.57. The molecule has 0 spiro atoms. The Morgan fingerprint density at radius 3 is 2.43 bits per heavy atom. The number of carbonyl (C=O) groups is 2. The van der Waals surface area contributed by atoms with E-state index in [1.807, 2.05) is 60.4 Å². The summed E-state index contributed by atoms with van der Waals surface area (Å²) >= 11 is 0. The van der Waals surface area contributed by atoms with Crippen molar-refractivity contribution in [1.29, 1.82) is 0 Å². The molecule has 1 aromatic heterocycles. The molecule has 2 aliphatic rings. The number of amides is 2. The number of benzene rings is 3. The molecule has 1 saturated carbocycles. The molecule has 3 atom stereocenters. The molecule has 1 aliphatic carbocycles. The number of carbonyl (C=O) groups excluding carboxylic acids is 2. The Morgan fingerprint density at radius 1 is 1.00 bits per heavy atom. The van der Waals surface area contributed by atoms with E-state index in [2.05, 4.69) is 10.4 Å². The van der Waals surface area contributed by atoms with Crippen molar-refractivity contribution in [2.24, 2.45) is 11.8 Å². The first-order chi connectivity index (χ1) is 17.0. The molecule has 0 bridgehead atoms. The third-order valence-corrected chi connectivity index (χ3v) is 7.08. The van der Waals surface area contributed by atoms with Gasteiger partial charge in [0.2, 0.25) is 11.8 Å². The molecule has 2 heterocycles. The van der Waals surface area contributed by atoms with Gasteiger partial charge in [0.25, 0.3) is 0 Å². The highest BCUT2D eigenvalue weighted by Gasteiger charge is 2.48. The monoisotopic (exact) mass is 468 g/mol. The predicted molar refractivity (Wildman–Crippen MR) is 132 cm³/mol. The molecule has 7 heteroatoms. The van der Waals surface area contributed by atoms with Crippen LogP contribution in [0.15, 0.2) is 79.0 Å². The molecule has 4 aromatic rings. The number of hydrogen-bond donors (Lipinski definition) is 1. The fraction of sp³-hybridized carbons (Fsp3) is 0.250. The quantitative estimate of drug-likeness (QED) is 0.458. The zero-order chi connectivity index (χ0) is 24.1. The second-order valence-corrected chi connectivity index (χ2v) is 9.44. The highest BCUT2D eigenvalue weighted by molar-refractivity contribution is 6.01. The van der Waals surface area contributed by atoms with Gasteiger partial charge in [0.15, 0.2) is 0 Å². The molecule has 1 saturated heterocycles. The fourth-order valence-electron chi connectivity index (χ4n) is 5.03. The van der Waals surface area contributed by atoms with E-state index in [1.54, 1.807) is 23.0 Å². The van der Waals surface area contributed by atoms with Crippen molar-refractivity contribution in [3.05, 3.63) is 90.4 Å². The van der Waals surface area contributed by atoms with E-state index in [9.17, 15) is 14.0 Å². The minimum atomic E-state index is -0.361. The van der Waals surface area contributed by atoms with Gasteiger partial charge < -0.3 is 10.2 Å². The van der Waals surface area contributed by atoms with Gasteiger partial charge in [-0.3, -0.25) is 9.59 Å². The normalized spacial score (nSPS) is 22.1. The number of nitrogens with one attached hydrogen (secondary N) is 1. The number of nitrogens with zero attached hydrogens (tertiary/aromatic N) is 3. The SMILES string of the molecule is CC1C(=O)N(c2ccc3c(cnn3-c3ccc(F)cc3)c2)[C@H](c2ccccc2)[C@H]1NC(=O)C1CC1. The second kappa shape index (κ2) is 8.34. The van der Waals surface area contributed by atoms with Gasteiger partial charge in [0.1, 0.15) is 5.82 Å². The lowest BCUT2D eigenvalue weighted by Crippen LogP contribution is -2.42. The molecular formula is C28H25FN4O2. The van der Waals surface area contributed by atoms with Crippen LogP contribution in [0.5, 0.6) is 0 Å². The first-order valence-electron chi connectivity index (χ1n) is 11.9. The van der Waals surface area contributed by atoms with E-state index in [-0.39, 0.29) is 41.6 Å². The first kappa shape index (κ1) is 21.5. The Labute approximate surface area is 202 Å². The van der Waals surface area contributed by atoms with Crippen molar-refractivity contribution >= 4 is 28.4 Å². The maximum Gasteiger partial charge on any atom is 0.232 e. The molecule has 2 fully saturated rings. The smallest absolute Gasteiger partial charge is 0.232 e. The average molecular weight is 469 g/mol. The first-order valence-corrected chi connectivity index (χ1v) is 11.9. The highest BCUT2D eigenvalue weighted by Crippen LogP contribution is 2.42. The molecule has 6 rings (SSSR count). The van der Waals surface area contributed by atoms with E-state index in [1.165, 1.54) is 12.1 Å².